The van der Waals surface area contributed by atoms with Gasteiger partial charge in [-0.05, 0) is 26.1 Å². The first kappa shape index (κ1) is 17.9. The van der Waals surface area contributed by atoms with Crippen LogP contribution in [0.25, 0.3) is 0 Å². The van der Waals surface area contributed by atoms with Crippen molar-refractivity contribution < 1.29 is 18.6 Å². The summed E-state index contributed by atoms with van der Waals surface area (Å²) in [5.74, 6) is -1.48. The van der Waals surface area contributed by atoms with Crippen LogP contribution in [0.4, 0.5) is 8.78 Å². The zero-order valence-corrected chi connectivity index (χ0v) is 14.1. The minimum absolute atomic E-state index is 0.0721. The van der Waals surface area contributed by atoms with E-state index in [-0.39, 0.29) is 18.2 Å². The van der Waals surface area contributed by atoms with Crippen LogP contribution in [0.5, 0.6) is 0 Å². The maximum Gasteiger partial charge on any atom is 0.131 e. The fraction of sp³-hybridized carbons (Fsp3) is 0.438. The van der Waals surface area contributed by atoms with Crippen molar-refractivity contribution in [3.05, 3.63) is 51.5 Å². The molecule has 2 atom stereocenters. The van der Waals surface area contributed by atoms with Gasteiger partial charge in [0.05, 0.1) is 17.4 Å². The molecular weight excluding hydrogens is 322 g/mol. The standard InChI is InChI=1S/C16H20F2N2O2S/c1-10(22-3)16-19-11(9-23-16)7-20(2)8-14(21)15-12(17)5-4-6-13(15)18/h4-6,9-10,14,21H,7-8H2,1-3H3. The minimum Gasteiger partial charge on any atom is -0.387 e. The van der Waals surface area contributed by atoms with Gasteiger partial charge in [0.25, 0.3) is 0 Å². The Kier molecular flexibility index (Phi) is 6.17. The van der Waals surface area contributed by atoms with E-state index in [0.717, 1.165) is 22.8 Å². The summed E-state index contributed by atoms with van der Waals surface area (Å²) >= 11 is 1.50. The van der Waals surface area contributed by atoms with E-state index in [2.05, 4.69) is 4.98 Å². The largest absolute Gasteiger partial charge is 0.387 e. The molecule has 2 aromatic rings. The van der Waals surface area contributed by atoms with Gasteiger partial charge in [-0.2, -0.15) is 0 Å². The lowest BCUT2D eigenvalue weighted by atomic mass is 10.1. The number of likely N-dealkylation sites (N-methyl/N-ethyl adjacent to an activating group) is 1. The van der Waals surface area contributed by atoms with Crippen LogP contribution < -0.4 is 0 Å². The van der Waals surface area contributed by atoms with Crippen molar-refractivity contribution in [3.63, 3.8) is 0 Å². The lowest BCUT2D eigenvalue weighted by molar-refractivity contribution is 0.114. The lowest BCUT2D eigenvalue weighted by Crippen LogP contribution is -2.25. The molecule has 1 heterocycles. The second-order valence-corrected chi connectivity index (χ2v) is 6.29. The fourth-order valence-corrected chi connectivity index (χ4v) is 3.08. The molecule has 4 nitrogen and oxygen atoms in total. The SMILES string of the molecule is COC(C)c1nc(CN(C)CC(O)c2c(F)cccc2F)cs1. The third-order valence-corrected chi connectivity index (χ3v) is 4.57. The second-order valence-electron chi connectivity index (χ2n) is 5.40. The number of benzene rings is 1. The Bertz CT molecular complexity index is 631. The zero-order chi connectivity index (χ0) is 17.0. The predicted molar refractivity (Wildman–Crippen MR) is 85.2 cm³/mol. The molecule has 2 unspecified atom stereocenters. The maximum atomic E-state index is 13.7. The number of aromatic nitrogens is 1. The summed E-state index contributed by atoms with van der Waals surface area (Å²) < 4.78 is 32.5. The number of hydrogen-bond acceptors (Lipinski definition) is 5. The lowest BCUT2D eigenvalue weighted by Gasteiger charge is -2.20. The molecular formula is C16H20F2N2O2S. The van der Waals surface area contributed by atoms with Gasteiger partial charge in [0.15, 0.2) is 0 Å². The number of hydrogen-bond donors (Lipinski definition) is 1. The molecule has 0 spiro atoms. The monoisotopic (exact) mass is 342 g/mol. The molecule has 7 heteroatoms. The van der Waals surface area contributed by atoms with Crippen molar-refractivity contribution in [1.82, 2.24) is 9.88 Å². The summed E-state index contributed by atoms with van der Waals surface area (Å²) in [5.41, 5.74) is 0.531. The highest BCUT2D eigenvalue weighted by Gasteiger charge is 2.20. The molecule has 1 aromatic heterocycles. The highest BCUT2D eigenvalue weighted by atomic mass is 32.1. The van der Waals surface area contributed by atoms with Crippen molar-refractivity contribution in [2.24, 2.45) is 0 Å². The zero-order valence-electron chi connectivity index (χ0n) is 13.3. The van der Waals surface area contributed by atoms with Crippen LogP contribution in [0.3, 0.4) is 0 Å². The average molecular weight is 342 g/mol. The van der Waals surface area contributed by atoms with E-state index in [9.17, 15) is 13.9 Å². The summed E-state index contributed by atoms with van der Waals surface area (Å²) in [4.78, 5) is 6.23. The minimum atomic E-state index is -1.24. The molecule has 126 valence electrons. The molecule has 1 N–H and O–H groups in total. The van der Waals surface area contributed by atoms with Crippen LogP contribution in [0, 0.1) is 11.6 Å². The second kappa shape index (κ2) is 7.92. The highest BCUT2D eigenvalue weighted by molar-refractivity contribution is 7.09. The number of methoxy groups -OCH3 is 1. The van der Waals surface area contributed by atoms with E-state index >= 15 is 0 Å². The number of nitrogens with zero attached hydrogens (tertiary/aromatic N) is 2. The van der Waals surface area contributed by atoms with Crippen LogP contribution in [-0.2, 0) is 11.3 Å². The van der Waals surface area contributed by atoms with Gasteiger partial charge in [-0.3, -0.25) is 4.90 Å². The molecule has 0 radical (unpaired) electrons. The molecule has 0 aliphatic carbocycles. The summed E-state index contributed by atoms with van der Waals surface area (Å²) in [7, 11) is 3.39. The van der Waals surface area contributed by atoms with E-state index in [1.807, 2.05) is 12.3 Å². The van der Waals surface area contributed by atoms with Crippen LogP contribution in [-0.4, -0.2) is 35.7 Å². The first-order chi connectivity index (χ1) is 10.9. The van der Waals surface area contributed by atoms with E-state index in [0.29, 0.717) is 6.54 Å². The van der Waals surface area contributed by atoms with Crippen LogP contribution in [0.1, 0.15) is 35.4 Å². The van der Waals surface area contributed by atoms with Crippen molar-refractivity contribution in [1.29, 1.82) is 0 Å². The number of ether oxygens (including phenoxy) is 1. The topological polar surface area (TPSA) is 45.6 Å². The fourth-order valence-electron chi connectivity index (χ4n) is 2.24. The van der Waals surface area contributed by atoms with Gasteiger partial charge in [-0.25, -0.2) is 13.8 Å². The molecule has 0 amide bonds. The Morgan fingerprint density at radius 2 is 2.00 bits per heavy atom. The normalized spacial score (nSPS) is 14.2. The molecule has 23 heavy (non-hydrogen) atoms. The third-order valence-electron chi connectivity index (χ3n) is 3.52. The third kappa shape index (κ3) is 4.54. The van der Waals surface area contributed by atoms with Gasteiger partial charge in [0, 0.05) is 25.6 Å². The van der Waals surface area contributed by atoms with Gasteiger partial charge in [-0.1, -0.05) is 6.07 Å². The Morgan fingerprint density at radius 3 is 2.61 bits per heavy atom. The van der Waals surface area contributed by atoms with Crippen molar-refractivity contribution >= 4 is 11.3 Å². The van der Waals surface area contributed by atoms with E-state index < -0.39 is 17.7 Å². The molecule has 0 saturated carbocycles. The smallest absolute Gasteiger partial charge is 0.131 e. The number of aliphatic hydroxyl groups excluding tert-OH is 1. The van der Waals surface area contributed by atoms with Crippen molar-refractivity contribution in [2.75, 3.05) is 20.7 Å². The first-order valence-electron chi connectivity index (χ1n) is 7.20. The van der Waals surface area contributed by atoms with Crippen molar-refractivity contribution in [2.45, 2.75) is 25.7 Å². The maximum absolute atomic E-state index is 13.7. The molecule has 0 saturated heterocycles. The van der Waals surface area contributed by atoms with Gasteiger partial charge in [-0.15, -0.1) is 11.3 Å². The van der Waals surface area contributed by atoms with Gasteiger partial charge >= 0.3 is 0 Å². The number of aliphatic hydroxyl groups is 1. The number of halogens is 2. The van der Waals surface area contributed by atoms with E-state index in [1.54, 1.807) is 19.1 Å². The summed E-state index contributed by atoms with van der Waals surface area (Å²) in [6, 6.07) is 3.55. The predicted octanol–water partition coefficient (Wildman–Crippen LogP) is 3.29. The average Bonchev–Trinajstić information content (AvgIpc) is 2.94. The molecule has 1 aromatic carbocycles. The molecule has 0 aliphatic rings. The summed E-state index contributed by atoms with van der Waals surface area (Å²) in [6.07, 6.45) is -1.31. The van der Waals surface area contributed by atoms with Crippen LogP contribution >= 0.6 is 11.3 Å². The quantitative estimate of drug-likeness (QED) is 0.839. The van der Waals surface area contributed by atoms with Gasteiger partial charge in [0.1, 0.15) is 22.7 Å². The van der Waals surface area contributed by atoms with E-state index in [1.165, 1.54) is 17.4 Å². The number of rotatable bonds is 7. The Hall–Kier alpha value is -1.41. The number of thiazole rings is 1. The molecule has 2 rings (SSSR count). The van der Waals surface area contributed by atoms with Crippen LogP contribution in [0.15, 0.2) is 23.6 Å². The van der Waals surface area contributed by atoms with Crippen molar-refractivity contribution in [3.8, 4) is 0 Å². The van der Waals surface area contributed by atoms with E-state index in [4.69, 9.17) is 4.74 Å². The Balaban J connectivity index is 1.99. The molecule has 0 fully saturated rings. The summed E-state index contributed by atoms with van der Waals surface area (Å²) in [6.45, 7) is 2.49. The van der Waals surface area contributed by atoms with Gasteiger partial charge < -0.3 is 9.84 Å². The summed E-state index contributed by atoms with van der Waals surface area (Å²) in [5, 5.41) is 12.9. The Morgan fingerprint density at radius 1 is 1.35 bits per heavy atom. The van der Waals surface area contributed by atoms with Crippen LogP contribution in [0.2, 0.25) is 0 Å². The molecule has 0 bridgehead atoms. The highest BCUT2D eigenvalue weighted by Crippen LogP contribution is 2.23. The Labute approximate surface area is 138 Å². The first-order valence-corrected chi connectivity index (χ1v) is 8.08. The molecule has 0 aliphatic heterocycles. The van der Waals surface area contributed by atoms with Gasteiger partial charge in [0.2, 0.25) is 0 Å².